The smallest absolute Gasteiger partial charge is 0.0125 e. The van der Waals surface area contributed by atoms with Crippen molar-refractivity contribution in [2.24, 2.45) is 5.92 Å². The highest BCUT2D eigenvalue weighted by molar-refractivity contribution is 4.96. The Kier molecular flexibility index (Phi) is 3.91. The Morgan fingerprint density at radius 2 is 1.75 bits per heavy atom. The van der Waals surface area contributed by atoms with E-state index < -0.39 is 0 Å². The van der Waals surface area contributed by atoms with Crippen LogP contribution in [0.5, 0.6) is 0 Å². The van der Waals surface area contributed by atoms with E-state index in [2.05, 4.69) is 38.0 Å². The molecule has 2 bridgehead atoms. The van der Waals surface area contributed by atoms with E-state index in [1.54, 1.807) is 0 Å². The highest BCUT2D eigenvalue weighted by Crippen LogP contribution is 2.31. The Balaban J connectivity index is 1.92. The van der Waals surface area contributed by atoms with Crippen molar-refractivity contribution in [3.8, 4) is 0 Å². The Morgan fingerprint density at radius 1 is 1.19 bits per heavy atom. The van der Waals surface area contributed by atoms with Crippen molar-refractivity contribution in [1.82, 2.24) is 10.2 Å². The number of hydrogen-bond acceptors (Lipinski definition) is 2. The molecule has 1 N–H and O–H groups in total. The lowest BCUT2D eigenvalue weighted by Crippen LogP contribution is -2.50. The summed E-state index contributed by atoms with van der Waals surface area (Å²) in [5.74, 6) is 0.817. The second-order valence-corrected chi connectivity index (χ2v) is 6.05. The van der Waals surface area contributed by atoms with Crippen LogP contribution in [0.1, 0.15) is 52.9 Å². The summed E-state index contributed by atoms with van der Waals surface area (Å²) in [4.78, 5) is 2.65. The molecular weight excluding hydrogens is 196 g/mol. The van der Waals surface area contributed by atoms with Gasteiger partial charge in [0.15, 0.2) is 0 Å². The van der Waals surface area contributed by atoms with Gasteiger partial charge in [-0.2, -0.15) is 0 Å². The molecule has 4 unspecified atom stereocenters. The van der Waals surface area contributed by atoms with Crippen molar-refractivity contribution in [2.75, 3.05) is 7.05 Å². The van der Waals surface area contributed by atoms with E-state index in [0.29, 0.717) is 0 Å². The largest absolute Gasteiger partial charge is 0.311 e. The molecule has 2 aliphatic rings. The lowest BCUT2D eigenvalue weighted by Gasteiger charge is -2.40. The minimum atomic E-state index is 0.729. The molecule has 0 aromatic heterocycles. The molecular formula is C14H28N2. The first-order chi connectivity index (χ1) is 7.61. The SMILES string of the molecule is CCC(C)C(C)N(C)C1CC2CCC(C1)N2. The maximum Gasteiger partial charge on any atom is 0.0125 e. The van der Waals surface area contributed by atoms with Crippen LogP contribution in [0.2, 0.25) is 0 Å². The molecule has 2 aliphatic heterocycles. The summed E-state index contributed by atoms with van der Waals surface area (Å²) in [6, 6.07) is 3.18. The molecule has 2 nitrogen and oxygen atoms in total. The van der Waals surface area contributed by atoms with E-state index >= 15 is 0 Å². The molecule has 0 spiro atoms. The Labute approximate surface area is 101 Å². The van der Waals surface area contributed by atoms with Crippen LogP contribution in [0.15, 0.2) is 0 Å². The standard InChI is InChI=1S/C14H28N2/c1-5-10(2)11(3)16(4)14-8-12-6-7-13(9-14)15-12/h10-15H,5-9H2,1-4H3. The molecule has 0 saturated carbocycles. The molecule has 0 radical (unpaired) electrons. The molecule has 0 aliphatic carbocycles. The topological polar surface area (TPSA) is 15.3 Å². The summed E-state index contributed by atoms with van der Waals surface area (Å²) in [7, 11) is 2.34. The van der Waals surface area contributed by atoms with Crippen LogP contribution in [0.3, 0.4) is 0 Å². The van der Waals surface area contributed by atoms with Gasteiger partial charge in [0, 0.05) is 24.2 Å². The number of hydrogen-bond donors (Lipinski definition) is 1. The van der Waals surface area contributed by atoms with E-state index in [0.717, 1.165) is 30.1 Å². The van der Waals surface area contributed by atoms with Crippen LogP contribution in [0.4, 0.5) is 0 Å². The highest BCUT2D eigenvalue weighted by Gasteiger charge is 2.36. The van der Waals surface area contributed by atoms with Crippen molar-refractivity contribution >= 4 is 0 Å². The molecule has 0 amide bonds. The quantitative estimate of drug-likeness (QED) is 0.790. The first-order valence-electron chi connectivity index (χ1n) is 7.09. The van der Waals surface area contributed by atoms with Crippen LogP contribution in [-0.2, 0) is 0 Å². The molecule has 2 heteroatoms. The van der Waals surface area contributed by atoms with Crippen molar-refractivity contribution < 1.29 is 0 Å². The monoisotopic (exact) mass is 224 g/mol. The Hall–Kier alpha value is -0.0800. The van der Waals surface area contributed by atoms with Crippen molar-refractivity contribution in [2.45, 2.75) is 77.0 Å². The predicted molar refractivity (Wildman–Crippen MR) is 69.6 cm³/mol. The van der Waals surface area contributed by atoms with E-state index in [-0.39, 0.29) is 0 Å². The van der Waals surface area contributed by atoms with E-state index in [1.807, 2.05) is 0 Å². The van der Waals surface area contributed by atoms with E-state index in [4.69, 9.17) is 0 Å². The number of nitrogens with zero attached hydrogens (tertiary/aromatic N) is 1. The summed E-state index contributed by atoms with van der Waals surface area (Å²) in [5, 5.41) is 3.73. The van der Waals surface area contributed by atoms with Gasteiger partial charge in [-0.1, -0.05) is 20.3 Å². The third kappa shape index (κ3) is 2.43. The minimum Gasteiger partial charge on any atom is -0.311 e. The summed E-state index contributed by atoms with van der Waals surface area (Å²) >= 11 is 0. The second-order valence-electron chi connectivity index (χ2n) is 6.05. The summed E-state index contributed by atoms with van der Waals surface area (Å²) < 4.78 is 0. The maximum atomic E-state index is 3.73. The van der Waals surface area contributed by atoms with Crippen LogP contribution in [-0.4, -0.2) is 36.1 Å². The molecule has 2 saturated heterocycles. The maximum absolute atomic E-state index is 3.73. The zero-order chi connectivity index (χ0) is 11.7. The van der Waals surface area contributed by atoms with Gasteiger partial charge in [-0.3, -0.25) is 0 Å². The molecule has 94 valence electrons. The lowest BCUT2D eigenvalue weighted by atomic mass is 9.93. The number of nitrogens with one attached hydrogen (secondary N) is 1. The van der Waals surface area contributed by atoms with Crippen molar-refractivity contribution in [1.29, 1.82) is 0 Å². The Bertz CT molecular complexity index is 217. The molecule has 0 aromatic rings. The summed E-state index contributed by atoms with van der Waals surface area (Å²) in [6.07, 6.45) is 6.85. The molecule has 2 rings (SSSR count). The first kappa shape index (κ1) is 12.4. The molecule has 16 heavy (non-hydrogen) atoms. The fourth-order valence-corrected chi connectivity index (χ4v) is 3.43. The van der Waals surface area contributed by atoms with Gasteiger partial charge in [0.1, 0.15) is 0 Å². The van der Waals surface area contributed by atoms with Gasteiger partial charge in [-0.25, -0.2) is 0 Å². The van der Waals surface area contributed by atoms with Crippen molar-refractivity contribution in [3.05, 3.63) is 0 Å². The molecule has 4 atom stereocenters. The third-order valence-corrected chi connectivity index (χ3v) is 5.13. The lowest BCUT2D eigenvalue weighted by molar-refractivity contribution is 0.102. The van der Waals surface area contributed by atoms with Gasteiger partial charge in [0.25, 0.3) is 0 Å². The van der Waals surface area contributed by atoms with Crippen LogP contribution in [0, 0.1) is 5.92 Å². The first-order valence-corrected chi connectivity index (χ1v) is 7.09. The minimum absolute atomic E-state index is 0.729. The second kappa shape index (κ2) is 5.05. The van der Waals surface area contributed by atoms with Crippen LogP contribution < -0.4 is 5.32 Å². The fourth-order valence-electron chi connectivity index (χ4n) is 3.43. The average molecular weight is 224 g/mol. The predicted octanol–water partition coefficient (Wildman–Crippen LogP) is 2.64. The van der Waals surface area contributed by atoms with Gasteiger partial charge in [0.2, 0.25) is 0 Å². The zero-order valence-corrected chi connectivity index (χ0v) is 11.4. The molecule has 2 heterocycles. The van der Waals surface area contributed by atoms with Gasteiger partial charge in [0.05, 0.1) is 0 Å². The average Bonchev–Trinajstić information content (AvgIpc) is 2.65. The highest BCUT2D eigenvalue weighted by atomic mass is 15.2. The van der Waals surface area contributed by atoms with Gasteiger partial charge >= 0.3 is 0 Å². The number of piperidine rings is 1. The van der Waals surface area contributed by atoms with Crippen LogP contribution in [0.25, 0.3) is 0 Å². The van der Waals surface area contributed by atoms with E-state index in [9.17, 15) is 0 Å². The third-order valence-electron chi connectivity index (χ3n) is 5.13. The van der Waals surface area contributed by atoms with E-state index in [1.165, 1.54) is 32.1 Å². The summed E-state index contributed by atoms with van der Waals surface area (Å²) in [6.45, 7) is 7.09. The zero-order valence-electron chi connectivity index (χ0n) is 11.4. The van der Waals surface area contributed by atoms with Crippen LogP contribution >= 0.6 is 0 Å². The molecule has 2 fully saturated rings. The normalized spacial score (nSPS) is 37.7. The van der Waals surface area contributed by atoms with Crippen molar-refractivity contribution in [3.63, 3.8) is 0 Å². The molecule has 0 aromatic carbocycles. The summed E-state index contributed by atoms with van der Waals surface area (Å²) in [5.41, 5.74) is 0. The van der Waals surface area contributed by atoms with Gasteiger partial charge in [-0.15, -0.1) is 0 Å². The number of fused-ring (bicyclic) bond motifs is 2. The fraction of sp³-hybridized carbons (Fsp3) is 1.00. The number of rotatable bonds is 4. The van der Waals surface area contributed by atoms with Gasteiger partial charge < -0.3 is 10.2 Å². The van der Waals surface area contributed by atoms with Gasteiger partial charge in [-0.05, 0) is 45.6 Å². The Morgan fingerprint density at radius 3 is 2.25 bits per heavy atom.